The molecule has 0 bridgehead atoms. The molecule has 0 aliphatic heterocycles. The average Bonchev–Trinajstić information content (AvgIpc) is 2.81. The van der Waals surface area contributed by atoms with Crippen LogP contribution in [0.3, 0.4) is 0 Å². The van der Waals surface area contributed by atoms with E-state index in [0.29, 0.717) is 30.2 Å². The molecule has 3 aromatic carbocycles. The molecule has 0 radical (unpaired) electrons. The Kier molecular flexibility index (Phi) is 6.17. The number of hydrogen-bond donors (Lipinski definition) is 1. The van der Waals surface area contributed by atoms with Crippen molar-refractivity contribution in [2.45, 2.75) is 26.9 Å². The molecule has 0 saturated carbocycles. The number of fused-ring (bicyclic) bond motifs is 1. The topological polar surface area (TPSA) is 52.5 Å². The molecule has 1 heterocycles. The average molecular weight is 429 g/mol. The molecule has 1 N–H and O–H groups in total. The molecule has 1 aromatic heterocycles. The fraction of sp³-hybridized carbons (Fsp3) is 0.222. The third-order valence-corrected chi connectivity index (χ3v) is 5.84. The zero-order valence-electron chi connectivity index (χ0n) is 18.9. The first kappa shape index (κ1) is 21.5. The standard InChI is InChI=1S/C27H28N2O3/c1-18-12-21-14-22(16-28-24-11-10-23(31-3)15-26(24)32-4)27(30)29(25(21)13-19(18)2)17-20-8-6-5-7-9-20/h5-15,28H,16-17H2,1-4H3. The van der Waals surface area contributed by atoms with E-state index in [4.69, 9.17) is 9.47 Å². The van der Waals surface area contributed by atoms with Crippen LogP contribution in [0.15, 0.2) is 71.5 Å². The number of ether oxygens (including phenoxy) is 2. The number of anilines is 1. The monoisotopic (exact) mass is 428 g/mol. The lowest BCUT2D eigenvalue weighted by molar-refractivity contribution is 0.395. The number of pyridine rings is 1. The number of nitrogens with one attached hydrogen (secondary N) is 1. The van der Waals surface area contributed by atoms with Crippen LogP contribution in [0.2, 0.25) is 0 Å². The number of aromatic nitrogens is 1. The Bertz CT molecular complexity index is 1310. The third-order valence-electron chi connectivity index (χ3n) is 5.84. The molecule has 5 heteroatoms. The second-order valence-electron chi connectivity index (χ2n) is 7.96. The molecule has 0 aliphatic carbocycles. The van der Waals surface area contributed by atoms with Crippen molar-refractivity contribution in [3.63, 3.8) is 0 Å². The molecular formula is C27H28N2O3. The van der Waals surface area contributed by atoms with Crippen LogP contribution in [-0.2, 0) is 13.1 Å². The van der Waals surface area contributed by atoms with E-state index in [9.17, 15) is 4.79 Å². The van der Waals surface area contributed by atoms with E-state index in [2.05, 4.69) is 31.3 Å². The minimum absolute atomic E-state index is 0.00425. The molecule has 0 unspecified atom stereocenters. The summed E-state index contributed by atoms with van der Waals surface area (Å²) in [6.07, 6.45) is 0. The van der Waals surface area contributed by atoms with Gasteiger partial charge < -0.3 is 19.4 Å². The van der Waals surface area contributed by atoms with Gasteiger partial charge in [-0.25, -0.2) is 0 Å². The van der Waals surface area contributed by atoms with Crippen molar-refractivity contribution in [1.29, 1.82) is 0 Å². The summed E-state index contributed by atoms with van der Waals surface area (Å²) in [5.41, 5.74) is 5.94. The maximum Gasteiger partial charge on any atom is 0.256 e. The molecule has 4 rings (SSSR count). The summed E-state index contributed by atoms with van der Waals surface area (Å²) in [7, 11) is 3.24. The molecule has 32 heavy (non-hydrogen) atoms. The molecule has 5 nitrogen and oxygen atoms in total. The van der Waals surface area contributed by atoms with Crippen molar-refractivity contribution >= 4 is 16.6 Å². The second-order valence-corrected chi connectivity index (χ2v) is 7.96. The van der Waals surface area contributed by atoms with Crippen molar-refractivity contribution in [3.05, 3.63) is 99.3 Å². The normalized spacial score (nSPS) is 10.9. The fourth-order valence-corrected chi connectivity index (χ4v) is 3.89. The van der Waals surface area contributed by atoms with Gasteiger partial charge in [-0.3, -0.25) is 4.79 Å². The van der Waals surface area contributed by atoms with Gasteiger partial charge >= 0.3 is 0 Å². The molecule has 0 atom stereocenters. The van der Waals surface area contributed by atoms with Gasteiger partial charge in [-0.1, -0.05) is 30.3 Å². The van der Waals surface area contributed by atoms with E-state index in [1.807, 2.05) is 59.2 Å². The summed E-state index contributed by atoms with van der Waals surface area (Å²) in [5, 5.41) is 4.42. The highest BCUT2D eigenvalue weighted by Crippen LogP contribution is 2.29. The number of nitrogens with zero attached hydrogens (tertiary/aromatic N) is 1. The quantitative estimate of drug-likeness (QED) is 0.434. The van der Waals surface area contributed by atoms with Crippen molar-refractivity contribution in [3.8, 4) is 11.5 Å². The lowest BCUT2D eigenvalue weighted by Gasteiger charge is -2.16. The minimum Gasteiger partial charge on any atom is -0.497 e. The van der Waals surface area contributed by atoms with E-state index in [0.717, 1.165) is 22.2 Å². The SMILES string of the molecule is COc1ccc(NCc2cc3cc(C)c(C)cc3n(Cc3ccccc3)c2=O)c(OC)c1. The Morgan fingerprint density at radius 1 is 0.875 bits per heavy atom. The molecular weight excluding hydrogens is 400 g/mol. The highest BCUT2D eigenvalue weighted by Gasteiger charge is 2.13. The van der Waals surface area contributed by atoms with Crippen LogP contribution < -0.4 is 20.3 Å². The number of aryl methyl sites for hydroxylation is 2. The van der Waals surface area contributed by atoms with Crippen molar-refractivity contribution in [2.24, 2.45) is 0 Å². The predicted octanol–water partition coefficient (Wildman–Crippen LogP) is 5.30. The molecule has 0 spiro atoms. The Morgan fingerprint density at radius 3 is 2.34 bits per heavy atom. The Balaban J connectivity index is 1.76. The number of hydrogen-bond acceptors (Lipinski definition) is 4. The van der Waals surface area contributed by atoms with Crippen molar-refractivity contribution in [1.82, 2.24) is 4.57 Å². The van der Waals surface area contributed by atoms with Crippen LogP contribution in [0, 0.1) is 13.8 Å². The molecule has 4 aromatic rings. The van der Waals surface area contributed by atoms with Gasteiger partial charge in [0.25, 0.3) is 5.56 Å². The zero-order valence-corrected chi connectivity index (χ0v) is 18.9. The molecule has 0 fully saturated rings. The van der Waals surface area contributed by atoms with Gasteiger partial charge in [0, 0.05) is 18.2 Å². The van der Waals surface area contributed by atoms with E-state index in [1.54, 1.807) is 14.2 Å². The second kappa shape index (κ2) is 9.18. The minimum atomic E-state index is 0.00425. The number of benzene rings is 3. The van der Waals surface area contributed by atoms with Crippen LogP contribution in [-0.4, -0.2) is 18.8 Å². The Labute approximate surface area is 188 Å². The van der Waals surface area contributed by atoms with Crippen LogP contribution >= 0.6 is 0 Å². The van der Waals surface area contributed by atoms with Gasteiger partial charge in [0.1, 0.15) is 11.5 Å². The summed E-state index contributed by atoms with van der Waals surface area (Å²) >= 11 is 0. The highest BCUT2D eigenvalue weighted by molar-refractivity contribution is 5.81. The molecule has 0 saturated heterocycles. The first-order valence-electron chi connectivity index (χ1n) is 10.6. The number of methoxy groups -OCH3 is 2. The van der Waals surface area contributed by atoms with Crippen molar-refractivity contribution in [2.75, 3.05) is 19.5 Å². The van der Waals surface area contributed by atoms with E-state index in [1.165, 1.54) is 11.1 Å². The third kappa shape index (κ3) is 4.33. The zero-order chi connectivity index (χ0) is 22.7. The van der Waals surface area contributed by atoms with E-state index >= 15 is 0 Å². The van der Waals surface area contributed by atoms with Gasteiger partial charge in [0.2, 0.25) is 0 Å². The van der Waals surface area contributed by atoms with Crippen LogP contribution in [0.5, 0.6) is 11.5 Å². The summed E-state index contributed by atoms with van der Waals surface area (Å²) in [6, 6.07) is 21.9. The van der Waals surface area contributed by atoms with Gasteiger partial charge in [-0.2, -0.15) is 0 Å². The largest absolute Gasteiger partial charge is 0.497 e. The first-order chi connectivity index (χ1) is 15.5. The van der Waals surface area contributed by atoms with E-state index in [-0.39, 0.29) is 5.56 Å². The fourth-order valence-electron chi connectivity index (χ4n) is 3.89. The smallest absolute Gasteiger partial charge is 0.256 e. The summed E-state index contributed by atoms with van der Waals surface area (Å²) in [6.45, 7) is 5.09. The predicted molar refractivity (Wildman–Crippen MR) is 130 cm³/mol. The summed E-state index contributed by atoms with van der Waals surface area (Å²) in [4.78, 5) is 13.5. The summed E-state index contributed by atoms with van der Waals surface area (Å²) < 4.78 is 12.6. The number of rotatable bonds is 7. The molecule has 164 valence electrons. The van der Waals surface area contributed by atoms with Crippen LogP contribution in [0.1, 0.15) is 22.3 Å². The lowest BCUT2D eigenvalue weighted by Crippen LogP contribution is -2.26. The maximum absolute atomic E-state index is 13.5. The summed E-state index contributed by atoms with van der Waals surface area (Å²) in [5.74, 6) is 1.38. The molecule has 0 aliphatic rings. The maximum atomic E-state index is 13.5. The van der Waals surface area contributed by atoms with Crippen LogP contribution in [0.25, 0.3) is 10.9 Å². The van der Waals surface area contributed by atoms with Crippen LogP contribution in [0.4, 0.5) is 5.69 Å². The Morgan fingerprint density at radius 2 is 1.62 bits per heavy atom. The lowest BCUT2D eigenvalue weighted by atomic mass is 10.0. The Hall–Kier alpha value is -3.73. The first-order valence-corrected chi connectivity index (χ1v) is 10.6. The highest BCUT2D eigenvalue weighted by atomic mass is 16.5. The van der Waals surface area contributed by atoms with Crippen molar-refractivity contribution < 1.29 is 9.47 Å². The van der Waals surface area contributed by atoms with E-state index < -0.39 is 0 Å². The van der Waals surface area contributed by atoms with Gasteiger partial charge in [0.15, 0.2) is 0 Å². The van der Waals surface area contributed by atoms with Gasteiger partial charge in [-0.15, -0.1) is 0 Å². The van der Waals surface area contributed by atoms with Gasteiger partial charge in [-0.05, 0) is 66.3 Å². The van der Waals surface area contributed by atoms with Gasteiger partial charge in [0.05, 0.1) is 32.0 Å². The molecule has 0 amide bonds.